The van der Waals surface area contributed by atoms with Crippen molar-refractivity contribution >= 4 is 40.7 Å². The number of nitrogens with zero attached hydrogens (tertiary/aromatic N) is 2. The molecule has 0 saturated heterocycles. The van der Waals surface area contributed by atoms with E-state index in [2.05, 4.69) is 15.3 Å². The lowest BCUT2D eigenvalue weighted by atomic mass is 10.2. The lowest BCUT2D eigenvalue weighted by Gasteiger charge is -2.05. The van der Waals surface area contributed by atoms with Crippen molar-refractivity contribution in [2.75, 3.05) is 5.32 Å². The maximum absolute atomic E-state index is 10.9. The van der Waals surface area contributed by atoms with Crippen LogP contribution in [0.15, 0.2) is 30.3 Å². The molecule has 7 heteroatoms. The number of carbonyl (C=O) groups is 1. The second kappa shape index (κ2) is 5.20. The van der Waals surface area contributed by atoms with Crippen LogP contribution in [0.3, 0.4) is 0 Å². The topological polar surface area (TPSA) is 80.9 Å². The molecule has 0 bridgehead atoms. The molecule has 1 amide bonds. The summed E-state index contributed by atoms with van der Waals surface area (Å²) in [4.78, 5) is 18.8. The van der Waals surface area contributed by atoms with E-state index in [1.54, 1.807) is 24.3 Å². The molecule has 2 rings (SSSR count). The molecule has 5 nitrogen and oxygen atoms in total. The summed E-state index contributed by atoms with van der Waals surface area (Å²) in [7, 11) is 0. The monoisotopic (exact) mass is 282 g/mol. The van der Waals surface area contributed by atoms with E-state index < -0.39 is 5.91 Å². The van der Waals surface area contributed by atoms with Crippen LogP contribution in [0.2, 0.25) is 10.3 Å². The first kappa shape index (κ1) is 12.6. The molecule has 3 N–H and O–H groups in total. The van der Waals surface area contributed by atoms with Gasteiger partial charge in [-0.2, -0.15) is 0 Å². The Hall–Kier alpha value is -1.85. The van der Waals surface area contributed by atoms with Gasteiger partial charge in [-0.05, 0) is 24.3 Å². The number of aromatic nitrogens is 2. The minimum Gasteiger partial charge on any atom is -0.366 e. The standard InChI is InChI=1S/C11H8Cl2N4O/c12-8-5-9(13)17-11(16-8)15-7-3-1-6(2-4-7)10(14)18/h1-5H,(H2,14,18)(H,15,16,17). The summed E-state index contributed by atoms with van der Waals surface area (Å²) in [6.07, 6.45) is 0. The fourth-order valence-corrected chi connectivity index (χ4v) is 1.72. The number of primary amides is 1. The number of rotatable bonds is 3. The molecule has 18 heavy (non-hydrogen) atoms. The molecule has 0 aliphatic carbocycles. The first-order valence-electron chi connectivity index (χ1n) is 4.91. The van der Waals surface area contributed by atoms with Crippen molar-refractivity contribution < 1.29 is 4.79 Å². The van der Waals surface area contributed by atoms with E-state index in [4.69, 9.17) is 28.9 Å². The first-order valence-corrected chi connectivity index (χ1v) is 5.67. The summed E-state index contributed by atoms with van der Waals surface area (Å²) in [5, 5.41) is 3.39. The zero-order valence-corrected chi connectivity index (χ0v) is 10.5. The second-order valence-electron chi connectivity index (χ2n) is 3.40. The van der Waals surface area contributed by atoms with Gasteiger partial charge in [-0.15, -0.1) is 0 Å². The van der Waals surface area contributed by atoms with E-state index in [-0.39, 0.29) is 16.3 Å². The summed E-state index contributed by atoms with van der Waals surface area (Å²) in [5.74, 6) is -0.206. The third-order valence-electron chi connectivity index (χ3n) is 2.09. The molecule has 0 radical (unpaired) electrons. The highest BCUT2D eigenvalue weighted by Gasteiger charge is 2.03. The van der Waals surface area contributed by atoms with Crippen LogP contribution in [-0.2, 0) is 0 Å². The number of anilines is 2. The summed E-state index contributed by atoms with van der Waals surface area (Å²) in [5.41, 5.74) is 6.25. The molecular weight excluding hydrogens is 275 g/mol. The number of benzene rings is 1. The van der Waals surface area contributed by atoms with E-state index >= 15 is 0 Å². The summed E-state index contributed by atoms with van der Waals surface area (Å²) in [6, 6.07) is 7.98. The van der Waals surface area contributed by atoms with Gasteiger partial charge in [-0.25, -0.2) is 9.97 Å². The Morgan fingerprint density at radius 1 is 1.11 bits per heavy atom. The SMILES string of the molecule is NC(=O)c1ccc(Nc2nc(Cl)cc(Cl)n2)cc1. The largest absolute Gasteiger partial charge is 0.366 e. The lowest BCUT2D eigenvalue weighted by Crippen LogP contribution is -2.10. The molecule has 0 atom stereocenters. The molecule has 0 saturated carbocycles. The van der Waals surface area contributed by atoms with Crippen molar-refractivity contribution in [1.29, 1.82) is 0 Å². The van der Waals surface area contributed by atoms with Crippen LogP contribution < -0.4 is 11.1 Å². The van der Waals surface area contributed by atoms with Crippen molar-refractivity contribution in [3.63, 3.8) is 0 Å². The molecule has 0 fully saturated rings. The van der Waals surface area contributed by atoms with Gasteiger partial charge in [0.1, 0.15) is 10.3 Å². The highest BCUT2D eigenvalue weighted by atomic mass is 35.5. The van der Waals surface area contributed by atoms with Crippen molar-refractivity contribution in [2.24, 2.45) is 5.73 Å². The Labute approximate surface area is 113 Å². The number of halogens is 2. The molecule has 1 aromatic carbocycles. The summed E-state index contributed by atoms with van der Waals surface area (Å²) < 4.78 is 0. The van der Waals surface area contributed by atoms with Crippen LogP contribution in [0.1, 0.15) is 10.4 Å². The molecular formula is C11H8Cl2N4O. The smallest absolute Gasteiger partial charge is 0.248 e. The van der Waals surface area contributed by atoms with Gasteiger partial charge in [0.05, 0.1) is 0 Å². The second-order valence-corrected chi connectivity index (χ2v) is 4.18. The normalized spacial score (nSPS) is 10.1. The number of nitrogens with one attached hydrogen (secondary N) is 1. The van der Waals surface area contributed by atoms with Gasteiger partial charge < -0.3 is 11.1 Å². The lowest BCUT2D eigenvalue weighted by molar-refractivity contribution is 0.100. The average Bonchev–Trinajstić information content (AvgIpc) is 2.28. The van der Waals surface area contributed by atoms with Gasteiger partial charge in [0.25, 0.3) is 0 Å². The number of carbonyl (C=O) groups excluding carboxylic acids is 1. The van der Waals surface area contributed by atoms with E-state index in [1.165, 1.54) is 6.07 Å². The van der Waals surface area contributed by atoms with Crippen LogP contribution in [-0.4, -0.2) is 15.9 Å². The Morgan fingerprint density at radius 2 is 1.67 bits per heavy atom. The molecule has 0 aliphatic rings. The van der Waals surface area contributed by atoms with Crippen LogP contribution in [0.4, 0.5) is 11.6 Å². The highest BCUT2D eigenvalue weighted by molar-refractivity contribution is 6.33. The van der Waals surface area contributed by atoms with Crippen molar-refractivity contribution in [2.45, 2.75) is 0 Å². The quantitative estimate of drug-likeness (QED) is 0.848. The Kier molecular flexibility index (Phi) is 3.64. The van der Waals surface area contributed by atoms with Gasteiger partial charge >= 0.3 is 0 Å². The zero-order valence-electron chi connectivity index (χ0n) is 9.02. The van der Waals surface area contributed by atoms with Crippen molar-refractivity contribution in [3.05, 3.63) is 46.2 Å². The van der Waals surface area contributed by atoms with E-state index in [1.807, 2.05) is 0 Å². The van der Waals surface area contributed by atoms with E-state index in [0.29, 0.717) is 11.3 Å². The maximum Gasteiger partial charge on any atom is 0.248 e. The third kappa shape index (κ3) is 3.09. The fraction of sp³-hybridized carbons (Fsp3) is 0. The number of hydrogen-bond acceptors (Lipinski definition) is 4. The van der Waals surface area contributed by atoms with Gasteiger partial charge in [-0.1, -0.05) is 23.2 Å². The van der Waals surface area contributed by atoms with Crippen LogP contribution in [0.25, 0.3) is 0 Å². The predicted molar refractivity (Wildman–Crippen MR) is 70.3 cm³/mol. The summed E-state index contributed by atoms with van der Waals surface area (Å²) >= 11 is 11.5. The molecule has 0 aliphatic heterocycles. The van der Waals surface area contributed by atoms with Crippen molar-refractivity contribution in [1.82, 2.24) is 9.97 Å². The third-order valence-corrected chi connectivity index (χ3v) is 2.48. The first-order chi connectivity index (χ1) is 8.54. The van der Waals surface area contributed by atoms with Crippen molar-refractivity contribution in [3.8, 4) is 0 Å². The van der Waals surface area contributed by atoms with Crippen LogP contribution in [0.5, 0.6) is 0 Å². The molecule has 1 aromatic heterocycles. The fourth-order valence-electron chi connectivity index (χ4n) is 1.29. The Bertz CT molecular complexity index is 566. The highest BCUT2D eigenvalue weighted by Crippen LogP contribution is 2.18. The Balaban J connectivity index is 2.20. The van der Waals surface area contributed by atoms with Gasteiger partial charge in [0.15, 0.2) is 0 Å². The number of nitrogens with two attached hydrogens (primary N) is 1. The Morgan fingerprint density at radius 3 is 2.17 bits per heavy atom. The maximum atomic E-state index is 10.9. The molecule has 2 aromatic rings. The zero-order chi connectivity index (χ0) is 13.1. The van der Waals surface area contributed by atoms with Crippen LogP contribution >= 0.6 is 23.2 Å². The number of amides is 1. The predicted octanol–water partition coefficient (Wildman–Crippen LogP) is 2.63. The molecule has 0 unspecified atom stereocenters. The van der Waals surface area contributed by atoms with Crippen LogP contribution in [0, 0.1) is 0 Å². The minimum atomic E-state index is -0.483. The van der Waals surface area contributed by atoms with Gasteiger partial charge in [-0.3, -0.25) is 4.79 Å². The van der Waals surface area contributed by atoms with Gasteiger partial charge in [0, 0.05) is 17.3 Å². The minimum absolute atomic E-state index is 0.242. The molecule has 1 heterocycles. The number of hydrogen-bond donors (Lipinski definition) is 2. The summed E-state index contributed by atoms with van der Waals surface area (Å²) in [6.45, 7) is 0. The van der Waals surface area contributed by atoms with E-state index in [0.717, 1.165) is 0 Å². The van der Waals surface area contributed by atoms with E-state index in [9.17, 15) is 4.79 Å². The molecule has 92 valence electrons. The van der Waals surface area contributed by atoms with Gasteiger partial charge in [0.2, 0.25) is 11.9 Å². The average molecular weight is 283 g/mol. The molecule has 0 spiro atoms.